The van der Waals surface area contributed by atoms with Gasteiger partial charge >= 0.3 is 6.03 Å². The van der Waals surface area contributed by atoms with Gasteiger partial charge in [0, 0.05) is 30.3 Å². The van der Waals surface area contributed by atoms with Crippen LogP contribution in [0.25, 0.3) is 0 Å². The summed E-state index contributed by atoms with van der Waals surface area (Å²) in [6.45, 7) is 1.90. The summed E-state index contributed by atoms with van der Waals surface area (Å²) in [6.07, 6.45) is 0. The van der Waals surface area contributed by atoms with Gasteiger partial charge in [-0.05, 0) is 29.3 Å². The zero-order valence-corrected chi connectivity index (χ0v) is 13.9. The van der Waals surface area contributed by atoms with Crippen molar-refractivity contribution in [3.8, 4) is 5.75 Å². The van der Waals surface area contributed by atoms with E-state index in [-0.39, 0.29) is 6.03 Å². The van der Waals surface area contributed by atoms with Crippen LogP contribution in [-0.4, -0.2) is 30.3 Å². The molecule has 3 rings (SSSR count). The van der Waals surface area contributed by atoms with E-state index in [9.17, 15) is 4.79 Å². The standard InChI is InChI=1S/C18H20N2O2S/c1-22-16-7-8-17-15(11-16)13-20(9-10-23-17)18(21)19-12-14-5-3-2-4-6-14/h2-8,11H,9-10,12-13H2,1H3,(H,19,21). The fraction of sp³-hybridized carbons (Fsp3) is 0.278. The van der Waals surface area contributed by atoms with Gasteiger partial charge in [0.1, 0.15) is 5.75 Å². The van der Waals surface area contributed by atoms with Crippen LogP contribution in [0.2, 0.25) is 0 Å². The molecule has 0 spiro atoms. The molecule has 0 unspecified atom stereocenters. The quantitative estimate of drug-likeness (QED) is 0.937. The van der Waals surface area contributed by atoms with Gasteiger partial charge in [-0.15, -0.1) is 11.8 Å². The van der Waals surface area contributed by atoms with E-state index in [2.05, 4.69) is 11.4 Å². The number of urea groups is 1. The highest BCUT2D eigenvalue weighted by atomic mass is 32.2. The van der Waals surface area contributed by atoms with E-state index < -0.39 is 0 Å². The lowest BCUT2D eigenvalue weighted by molar-refractivity contribution is 0.198. The Balaban J connectivity index is 1.66. The molecule has 1 N–H and O–H groups in total. The molecule has 2 aromatic rings. The van der Waals surface area contributed by atoms with E-state index >= 15 is 0 Å². The summed E-state index contributed by atoms with van der Waals surface area (Å²) in [5.74, 6) is 1.73. The van der Waals surface area contributed by atoms with Gasteiger partial charge in [-0.25, -0.2) is 4.79 Å². The number of nitrogens with zero attached hydrogens (tertiary/aromatic N) is 1. The number of nitrogens with one attached hydrogen (secondary N) is 1. The molecule has 23 heavy (non-hydrogen) atoms. The number of hydrogen-bond donors (Lipinski definition) is 1. The minimum atomic E-state index is -0.0230. The molecule has 0 aromatic heterocycles. The lowest BCUT2D eigenvalue weighted by Gasteiger charge is -2.21. The zero-order valence-electron chi connectivity index (χ0n) is 13.1. The van der Waals surface area contributed by atoms with Crippen molar-refractivity contribution >= 4 is 17.8 Å². The molecule has 0 saturated heterocycles. The maximum atomic E-state index is 12.5. The van der Waals surface area contributed by atoms with E-state index in [1.807, 2.05) is 47.4 Å². The molecular formula is C18H20N2O2S. The Morgan fingerprint density at radius 3 is 2.87 bits per heavy atom. The molecule has 2 aromatic carbocycles. The van der Waals surface area contributed by atoms with Crippen molar-refractivity contribution in [3.05, 3.63) is 59.7 Å². The van der Waals surface area contributed by atoms with Crippen LogP contribution in [0.1, 0.15) is 11.1 Å². The van der Waals surface area contributed by atoms with Crippen LogP contribution in [0.4, 0.5) is 4.79 Å². The molecule has 4 nitrogen and oxygen atoms in total. The molecule has 0 atom stereocenters. The summed E-state index contributed by atoms with van der Waals surface area (Å²) in [7, 11) is 1.66. The van der Waals surface area contributed by atoms with Gasteiger partial charge in [0.25, 0.3) is 0 Å². The first kappa shape index (κ1) is 15.7. The van der Waals surface area contributed by atoms with Gasteiger partial charge in [-0.1, -0.05) is 30.3 Å². The Hall–Kier alpha value is -2.14. The van der Waals surface area contributed by atoms with Crippen molar-refractivity contribution in [3.63, 3.8) is 0 Å². The third kappa shape index (κ3) is 3.99. The number of methoxy groups -OCH3 is 1. The van der Waals surface area contributed by atoms with E-state index in [0.717, 1.165) is 29.2 Å². The molecule has 0 fully saturated rings. The second-order valence-electron chi connectivity index (χ2n) is 5.39. The molecule has 0 aliphatic carbocycles. The molecule has 2 amide bonds. The monoisotopic (exact) mass is 328 g/mol. The summed E-state index contributed by atoms with van der Waals surface area (Å²) in [5.41, 5.74) is 2.24. The Bertz CT molecular complexity index is 676. The number of hydrogen-bond acceptors (Lipinski definition) is 3. The Labute approximate surface area is 140 Å². The summed E-state index contributed by atoms with van der Waals surface area (Å²) in [5, 5.41) is 3.00. The number of thioether (sulfide) groups is 1. The van der Waals surface area contributed by atoms with E-state index in [1.165, 1.54) is 4.90 Å². The van der Waals surface area contributed by atoms with Gasteiger partial charge in [0.2, 0.25) is 0 Å². The highest BCUT2D eigenvalue weighted by Gasteiger charge is 2.19. The lowest BCUT2D eigenvalue weighted by atomic mass is 10.2. The molecular weight excluding hydrogens is 308 g/mol. The number of carbonyl (C=O) groups excluding carboxylic acids is 1. The molecule has 0 bridgehead atoms. The second-order valence-corrected chi connectivity index (χ2v) is 6.52. The van der Waals surface area contributed by atoms with Crippen LogP contribution in [0.5, 0.6) is 5.75 Å². The number of amides is 2. The molecule has 1 aliphatic heterocycles. The van der Waals surface area contributed by atoms with Crippen LogP contribution in [0, 0.1) is 0 Å². The van der Waals surface area contributed by atoms with Crippen molar-refractivity contribution in [2.45, 2.75) is 18.0 Å². The summed E-state index contributed by atoms with van der Waals surface area (Å²) in [6, 6.07) is 16.0. The maximum Gasteiger partial charge on any atom is 0.317 e. The Morgan fingerprint density at radius 2 is 2.09 bits per heavy atom. The predicted molar refractivity (Wildman–Crippen MR) is 92.8 cm³/mol. The number of ether oxygens (including phenoxy) is 1. The fourth-order valence-electron chi connectivity index (χ4n) is 2.56. The minimum absolute atomic E-state index is 0.0230. The van der Waals surface area contributed by atoms with Crippen LogP contribution < -0.4 is 10.1 Å². The van der Waals surface area contributed by atoms with Gasteiger partial charge < -0.3 is 15.0 Å². The molecule has 5 heteroatoms. The Kier molecular flexibility index (Phi) is 5.08. The van der Waals surface area contributed by atoms with Gasteiger partial charge in [-0.2, -0.15) is 0 Å². The molecule has 0 radical (unpaired) electrons. The molecule has 1 heterocycles. The van der Waals surface area contributed by atoms with Gasteiger partial charge in [-0.3, -0.25) is 0 Å². The average Bonchev–Trinajstić information content (AvgIpc) is 2.82. The summed E-state index contributed by atoms with van der Waals surface area (Å²) in [4.78, 5) is 15.6. The highest BCUT2D eigenvalue weighted by molar-refractivity contribution is 7.99. The second kappa shape index (κ2) is 7.42. The number of benzene rings is 2. The molecule has 120 valence electrons. The van der Waals surface area contributed by atoms with Crippen molar-refractivity contribution in [2.24, 2.45) is 0 Å². The van der Waals surface area contributed by atoms with E-state index in [4.69, 9.17) is 4.74 Å². The predicted octanol–water partition coefficient (Wildman–Crippen LogP) is 3.51. The average molecular weight is 328 g/mol. The van der Waals surface area contributed by atoms with Crippen LogP contribution in [0.3, 0.4) is 0 Å². The molecule has 1 aliphatic rings. The minimum Gasteiger partial charge on any atom is -0.497 e. The number of carbonyl (C=O) groups is 1. The first-order valence-electron chi connectivity index (χ1n) is 7.62. The van der Waals surface area contributed by atoms with Crippen molar-refractivity contribution in [1.82, 2.24) is 10.2 Å². The third-order valence-electron chi connectivity index (χ3n) is 3.82. The highest BCUT2D eigenvalue weighted by Crippen LogP contribution is 2.30. The van der Waals surface area contributed by atoms with E-state index in [0.29, 0.717) is 13.1 Å². The number of rotatable bonds is 3. The fourth-order valence-corrected chi connectivity index (χ4v) is 3.56. The van der Waals surface area contributed by atoms with Gasteiger partial charge in [0.05, 0.1) is 7.11 Å². The first-order valence-corrected chi connectivity index (χ1v) is 8.61. The maximum absolute atomic E-state index is 12.5. The van der Waals surface area contributed by atoms with Crippen molar-refractivity contribution < 1.29 is 9.53 Å². The van der Waals surface area contributed by atoms with E-state index in [1.54, 1.807) is 18.9 Å². The lowest BCUT2D eigenvalue weighted by Crippen LogP contribution is -2.39. The number of fused-ring (bicyclic) bond motifs is 1. The smallest absolute Gasteiger partial charge is 0.317 e. The largest absolute Gasteiger partial charge is 0.497 e. The normalized spacial score (nSPS) is 13.9. The van der Waals surface area contributed by atoms with Crippen molar-refractivity contribution in [2.75, 3.05) is 19.4 Å². The van der Waals surface area contributed by atoms with Crippen LogP contribution in [-0.2, 0) is 13.1 Å². The third-order valence-corrected chi connectivity index (χ3v) is 4.92. The summed E-state index contributed by atoms with van der Waals surface area (Å²) < 4.78 is 5.29. The zero-order chi connectivity index (χ0) is 16.1. The molecule has 0 saturated carbocycles. The topological polar surface area (TPSA) is 41.6 Å². The van der Waals surface area contributed by atoms with Crippen molar-refractivity contribution in [1.29, 1.82) is 0 Å². The van der Waals surface area contributed by atoms with Crippen LogP contribution in [0.15, 0.2) is 53.4 Å². The van der Waals surface area contributed by atoms with Gasteiger partial charge in [0.15, 0.2) is 0 Å². The Morgan fingerprint density at radius 1 is 1.26 bits per heavy atom. The van der Waals surface area contributed by atoms with Crippen LogP contribution >= 0.6 is 11.8 Å². The first-order chi connectivity index (χ1) is 11.3. The SMILES string of the molecule is COc1ccc2c(c1)CN(C(=O)NCc1ccccc1)CCS2. The summed E-state index contributed by atoms with van der Waals surface area (Å²) >= 11 is 1.79.